The maximum absolute atomic E-state index is 12.9. The van der Waals surface area contributed by atoms with Gasteiger partial charge in [-0.1, -0.05) is 12.1 Å². The average Bonchev–Trinajstić information content (AvgIpc) is 2.55. The topological polar surface area (TPSA) is 58.6 Å². The first kappa shape index (κ1) is 15.0. The van der Waals surface area contributed by atoms with Gasteiger partial charge in [0.15, 0.2) is 6.10 Å². The molecule has 3 rings (SSSR count). The highest BCUT2D eigenvalue weighted by Crippen LogP contribution is 2.29. The summed E-state index contributed by atoms with van der Waals surface area (Å²) in [7, 11) is 0. The summed E-state index contributed by atoms with van der Waals surface area (Å²) in [6, 6.07) is 12.5. The zero-order valence-corrected chi connectivity index (χ0v) is 12.5. The Bertz CT molecular complexity index is 746. The zero-order valence-electron chi connectivity index (χ0n) is 12.5. The predicted molar refractivity (Wildman–Crippen MR) is 83.9 cm³/mol. The number of anilines is 2. The van der Waals surface area contributed by atoms with Crippen LogP contribution in [0.2, 0.25) is 0 Å². The molecule has 1 aliphatic heterocycles. The quantitative estimate of drug-likeness (QED) is 0.947. The number of fused-ring (bicyclic) bond motifs is 1. The summed E-state index contributed by atoms with van der Waals surface area (Å²) in [6.07, 6.45) is -0.806. The van der Waals surface area contributed by atoms with Crippen LogP contribution in [-0.2, 0) is 9.59 Å². The van der Waals surface area contributed by atoms with Crippen LogP contribution in [0.4, 0.5) is 15.8 Å². The molecular weight excluding hydrogens is 299 g/mol. The number of amides is 2. The monoisotopic (exact) mass is 314 g/mol. The molecule has 0 aliphatic carbocycles. The van der Waals surface area contributed by atoms with E-state index in [0.717, 1.165) is 0 Å². The molecule has 0 fully saturated rings. The third-order valence-corrected chi connectivity index (χ3v) is 3.51. The molecular formula is C17H15FN2O3. The standard InChI is InChI=1S/C17H15FN2O3/c1-11(23-13-8-6-12(18)7-9-13)17(22)20-10-16(21)19-14-4-2-3-5-15(14)20/h2-9,11H,10H2,1H3,(H,19,21)/t11-/m0/s1. The van der Waals surface area contributed by atoms with E-state index < -0.39 is 6.10 Å². The molecule has 5 nitrogen and oxygen atoms in total. The van der Waals surface area contributed by atoms with Crippen LogP contribution in [0.25, 0.3) is 0 Å². The Balaban J connectivity index is 1.79. The van der Waals surface area contributed by atoms with Crippen molar-refractivity contribution in [1.29, 1.82) is 0 Å². The van der Waals surface area contributed by atoms with Gasteiger partial charge in [-0.25, -0.2) is 4.39 Å². The largest absolute Gasteiger partial charge is 0.481 e. The third-order valence-electron chi connectivity index (χ3n) is 3.51. The van der Waals surface area contributed by atoms with Crippen LogP contribution >= 0.6 is 0 Å². The number of ether oxygens (including phenoxy) is 1. The minimum absolute atomic E-state index is 0.0625. The number of hydrogen-bond donors (Lipinski definition) is 1. The van der Waals surface area contributed by atoms with E-state index in [9.17, 15) is 14.0 Å². The fourth-order valence-electron chi connectivity index (χ4n) is 2.42. The van der Waals surface area contributed by atoms with Gasteiger partial charge in [-0.05, 0) is 43.3 Å². The van der Waals surface area contributed by atoms with Gasteiger partial charge in [0.2, 0.25) is 5.91 Å². The van der Waals surface area contributed by atoms with Crippen LogP contribution in [0.5, 0.6) is 5.75 Å². The number of halogens is 1. The molecule has 0 saturated heterocycles. The lowest BCUT2D eigenvalue weighted by Crippen LogP contribution is -2.47. The lowest BCUT2D eigenvalue weighted by atomic mass is 10.1. The molecule has 0 aromatic heterocycles. The normalized spacial score (nSPS) is 14.7. The van der Waals surface area contributed by atoms with Gasteiger partial charge < -0.3 is 10.1 Å². The van der Waals surface area contributed by atoms with Gasteiger partial charge in [-0.2, -0.15) is 0 Å². The Labute approximate surface area is 132 Å². The molecule has 1 atom stereocenters. The third kappa shape index (κ3) is 3.15. The van der Waals surface area contributed by atoms with E-state index in [-0.39, 0.29) is 24.2 Å². The molecule has 1 heterocycles. The second-order valence-corrected chi connectivity index (χ2v) is 5.20. The van der Waals surface area contributed by atoms with E-state index in [1.165, 1.54) is 29.2 Å². The van der Waals surface area contributed by atoms with Crippen LogP contribution in [-0.4, -0.2) is 24.5 Å². The number of nitrogens with zero attached hydrogens (tertiary/aromatic N) is 1. The predicted octanol–water partition coefficient (Wildman–Crippen LogP) is 2.58. The number of rotatable bonds is 3. The zero-order chi connectivity index (χ0) is 16.4. The lowest BCUT2D eigenvalue weighted by Gasteiger charge is -2.31. The first-order valence-corrected chi connectivity index (χ1v) is 7.17. The first-order valence-electron chi connectivity index (χ1n) is 7.17. The Morgan fingerprint density at radius 3 is 2.65 bits per heavy atom. The number of para-hydroxylation sites is 2. The van der Waals surface area contributed by atoms with Gasteiger partial charge in [0.05, 0.1) is 11.4 Å². The van der Waals surface area contributed by atoms with Gasteiger partial charge >= 0.3 is 0 Å². The second-order valence-electron chi connectivity index (χ2n) is 5.20. The van der Waals surface area contributed by atoms with Crippen LogP contribution in [0, 0.1) is 5.82 Å². The van der Waals surface area contributed by atoms with E-state index in [1.54, 1.807) is 31.2 Å². The Kier molecular flexibility index (Phi) is 3.97. The maximum Gasteiger partial charge on any atom is 0.268 e. The van der Waals surface area contributed by atoms with Gasteiger partial charge in [-0.3, -0.25) is 14.5 Å². The molecule has 0 bridgehead atoms. The van der Waals surface area contributed by atoms with Gasteiger partial charge in [0.1, 0.15) is 18.1 Å². The van der Waals surface area contributed by atoms with Crippen molar-refractivity contribution in [3.8, 4) is 5.75 Å². The molecule has 0 saturated carbocycles. The molecule has 2 aromatic carbocycles. The number of carbonyl (C=O) groups excluding carboxylic acids is 2. The number of benzene rings is 2. The molecule has 1 N–H and O–H groups in total. The SMILES string of the molecule is C[C@H](Oc1ccc(F)cc1)C(=O)N1CC(=O)Nc2ccccc21. The average molecular weight is 314 g/mol. The van der Waals surface area contributed by atoms with Crippen LogP contribution in [0.15, 0.2) is 48.5 Å². The molecule has 118 valence electrons. The highest BCUT2D eigenvalue weighted by Gasteiger charge is 2.30. The first-order chi connectivity index (χ1) is 11.0. The summed E-state index contributed by atoms with van der Waals surface area (Å²) in [4.78, 5) is 25.8. The van der Waals surface area contributed by atoms with E-state index in [0.29, 0.717) is 17.1 Å². The van der Waals surface area contributed by atoms with E-state index in [1.807, 2.05) is 0 Å². The van der Waals surface area contributed by atoms with Crippen molar-refractivity contribution in [3.63, 3.8) is 0 Å². The molecule has 2 amide bonds. The molecule has 6 heteroatoms. The summed E-state index contributed by atoms with van der Waals surface area (Å²) in [5.74, 6) is -0.581. The van der Waals surface area contributed by atoms with Crippen molar-refractivity contribution in [2.24, 2.45) is 0 Å². The fraction of sp³-hybridized carbons (Fsp3) is 0.176. The number of carbonyl (C=O) groups is 2. The van der Waals surface area contributed by atoms with Crippen molar-refractivity contribution >= 4 is 23.2 Å². The minimum Gasteiger partial charge on any atom is -0.481 e. The number of nitrogens with one attached hydrogen (secondary N) is 1. The highest BCUT2D eigenvalue weighted by atomic mass is 19.1. The number of hydrogen-bond acceptors (Lipinski definition) is 3. The van der Waals surface area contributed by atoms with Gasteiger partial charge in [-0.15, -0.1) is 0 Å². The summed E-state index contributed by atoms with van der Waals surface area (Å²) in [6.45, 7) is 1.54. The van der Waals surface area contributed by atoms with Crippen molar-refractivity contribution in [1.82, 2.24) is 0 Å². The second kappa shape index (κ2) is 6.08. The van der Waals surface area contributed by atoms with Crippen LogP contribution < -0.4 is 15.0 Å². The van der Waals surface area contributed by atoms with Crippen LogP contribution in [0.3, 0.4) is 0 Å². The summed E-state index contributed by atoms with van der Waals surface area (Å²) < 4.78 is 18.5. The highest BCUT2D eigenvalue weighted by molar-refractivity contribution is 6.10. The van der Waals surface area contributed by atoms with Crippen molar-refractivity contribution in [3.05, 3.63) is 54.3 Å². The Morgan fingerprint density at radius 1 is 1.22 bits per heavy atom. The molecule has 23 heavy (non-hydrogen) atoms. The molecule has 2 aromatic rings. The molecule has 0 unspecified atom stereocenters. The van der Waals surface area contributed by atoms with E-state index in [4.69, 9.17) is 4.74 Å². The van der Waals surface area contributed by atoms with E-state index >= 15 is 0 Å². The molecule has 1 aliphatic rings. The maximum atomic E-state index is 12.9. The molecule has 0 spiro atoms. The van der Waals surface area contributed by atoms with Crippen molar-refractivity contribution < 1.29 is 18.7 Å². The van der Waals surface area contributed by atoms with Crippen molar-refractivity contribution in [2.75, 3.05) is 16.8 Å². The Morgan fingerprint density at radius 2 is 1.91 bits per heavy atom. The lowest BCUT2D eigenvalue weighted by molar-refractivity contribution is -0.126. The Hall–Kier alpha value is -2.89. The smallest absolute Gasteiger partial charge is 0.268 e. The van der Waals surface area contributed by atoms with Crippen molar-refractivity contribution in [2.45, 2.75) is 13.0 Å². The summed E-state index contributed by atoms with van der Waals surface area (Å²) >= 11 is 0. The summed E-state index contributed by atoms with van der Waals surface area (Å²) in [5, 5.41) is 2.72. The van der Waals surface area contributed by atoms with Gasteiger partial charge in [0.25, 0.3) is 5.91 Å². The summed E-state index contributed by atoms with van der Waals surface area (Å²) in [5.41, 5.74) is 1.22. The van der Waals surface area contributed by atoms with Gasteiger partial charge in [0, 0.05) is 0 Å². The van der Waals surface area contributed by atoms with Crippen LogP contribution in [0.1, 0.15) is 6.92 Å². The fourth-order valence-corrected chi connectivity index (χ4v) is 2.42. The van der Waals surface area contributed by atoms with E-state index in [2.05, 4.69) is 5.32 Å². The molecule has 0 radical (unpaired) electrons. The minimum atomic E-state index is -0.806.